The highest BCUT2D eigenvalue weighted by Gasteiger charge is 2.28. The van der Waals surface area contributed by atoms with E-state index in [9.17, 15) is 13.2 Å². The zero-order valence-electron chi connectivity index (χ0n) is 6.93. The minimum absolute atomic E-state index is 0.253. The summed E-state index contributed by atoms with van der Waals surface area (Å²) >= 11 is 0. The molecular weight excluding hydrogens is 169 g/mol. The fourth-order valence-corrected chi connectivity index (χ4v) is 0.732. The molecule has 0 unspecified atom stereocenters. The zero-order valence-corrected chi connectivity index (χ0v) is 6.93. The lowest BCUT2D eigenvalue weighted by Gasteiger charge is -2.15. The van der Waals surface area contributed by atoms with Crippen LogP contribution >= 0.6 is 0 Å². The summed E-state index contributed by atoms with van der Waals surface area (Å²) in [4.78, 5) is 0. The van der Waals surface area contributed by atoms with E-state index < -0.39 is 18.7 Å². The van der Waals surface area contributed by atoms with Gasteiger partial charge in [0.15, 0.2) is 0 Å². The lowest BCUT2D eigenvalue weighted by atomic mass is 10.0. The van der Waals surface area contributed by atoms with Crippen molar-refractivity contribution in [1.82, 2.24) is 0 Å². The van der Waals surface area contributed by atoms with E-state index in [-0.39, 0.29) is 12.3 Å². The Bertz CT molecular complexity index is 142. The number of rotatable bonds is 4. The molecule has 0 radical (unpaired) electrons. The smallest absolute Gasteiger partial charge is 0.389 e. The van der Waals surface area contributed by atoms with Crippen molar-refractivity contribution in [2.45, 2.75) is 32.0 Å². The molecule has 0 rings (SSSR count). The molecule has 0 fully saturated rings. The van der Waals surface area contributed by atoms with Crippen molar-refractivity contribution < 1.29 is 18.3 Å². The van der Waals surface area contributed by atoms with E-state index in [4.69, 9.17) is 5.11 Å². The van der Waals surface area contributed by atoms with E-state index in [1.54, 1.807) is 6.92 Å². The summed E-state index contributed by atoms with van der Waals surface area (Å²) in [6.45, 7) is 5.02. The van der Waals surface area contributed by atoms with Crippen LogP contribution in [0.2, 0.25) is 0 Å². The molecule has 4 heteroatoms. The molecule has 2 atom stereocenters. The third-order valence-electron chi connectivity index (χ3n) is 1.70. The topological polar surface area (TPSA) is 20.2 Å². The lowest BCUT2D eigenvalue weighted by molar-refractivity contribution is -0.140. The molecule has 0 amide bonds. The molecule has 0 aromatic rings. The quantitative estimate of drug-likeness (QED) is 0.662. The van der Waals surface area contributed by atoms with Gasteiger partial charge in [0.1, 0.15) is 0 Å². The number of aliphatic hydroxyl groups excluding tert-OH is 1. The van der Waals surface area contributed by atoms with Crippen molar-refractivity contribution in [2.24, 2.45) is 5.92 Å². The van der Waals surface area contributed by atoms with Gasteiger partial charge in [-0.1, -0.05) is 13.0 Å². The average Bonchev–Trinajstić information content (AvgIpc) is 1.97. The molecule has 1 nitrogen and oxygen atoms in total. The van der Waals surface area contributed by atoms with Crippen molar-refractivity contribution in [3.63, 3.8) is 0 Å². The number of alkyl halides is 3. The van der Waals surface area contributed by atoms with E-state index in [2.05, 4.69) is 6.58 Å². The van der Waals surface area contributed by atoms with Crippen LogP contribution in [-0.4, -0.2) is 17.4 Å². The van der Waals surface area contributed by atoms with Crippen LogP contribution in [0.25, 0.3) is 0 Å². The maximum atomic E-state index is 11.6. The SMILES string of the molecule is C=C[C@@H](C)[C@H](O)CCC(F)(F)F. The molecule has 0 aliphatic rings. The van der Waals surface area contributed by atoms with Crippen LogP contribution in [-0.2, 0) is 0 Å². The molecule has 1 N–H and O–H groups in total. The Hall–Kier alpha value is -0.510. The fraction of sp³-hybridized carbons (Fsp3) is 0.750. The fourth-order valence-electron chi connectivity index (χ4n) is 0.732. The molecule has 0 aromatic heterocycles. The van der Waals surface area contributed by atoms with Gasteiger partial charge < -0.3 is 5.11 Å². The van der Waals surface area contributed by atoms with E-state index in [0.717, 1.165) is 0 Å². The lowest BCUT2D eigenvalue weighted by Crippen LogP contribution is -2.19. The Morgan fingerprint density at radius 3 is 2.33 bits per heavy atom. The summed E-state index contributed by atoms with van der Waals surface area (Å²) in [5, 5.41) is 9.11. The van der Waals surface area contributed by atoms with E-state index in [1.807, 2.05) is 0 Å². The molecule has 0 aromatic carbocycles. The number of halogens is 3. The van der Waals surface area contributed by atoms with Crippen molar-refractivity contribution in [3.05, 3.63) is 12.7 Å². The minimum Gasteiger partial charge on any atom is -0.393 e. The molecule has 0 saturated carbocycles. The number of hydrogen-bond donors (Lipinski definition) is 1. The van der Waals surface area contributed by atoms with Crippen LogP contribution in [0.4, 0.5) is 13.2 Å². The van der Waals surface area contributed by atoms with Crippen molar-refractivity contribution >= 4 is 0 Å². The summed E-state index contributed by atoms with van der Waals surface area (Å²) in [5.74, 6) is -0.285. The van der Waals surface area contributed by atoms with Gasteiger partial charge in [0.2, 0.25) is 0 Å². The van der Waals surface area contributed by atoms with Gasteiger partial charge in [-0.3, -0.25) is 0 Å². The Kier molecular flexibility index (Phi) is 4.31. The first kappa shape index (κ1) is 11.5. The number of hydrogen-bond acceptors (Lipinski definition) is 1. The molecule has 0 aliphatic heterocycles. The first-order valence-corrected chi connectivity index (χ1v) is 3.74. The van der Waals surface area contributed by atoms with E-state index >= 15 is 0 Å². The first-order valence-electron chi connectivity index (χ1n) is 3.74. The standard InChI is InChI=1S/C8H13F3O/c1-3-6(2)7(12)4-5-8(9,10)11/h3,6-7,12H,1,4-5H2,2H3/t6-,7-/m1/s1. The van der Waals surface area contributed by atoms with E-state index in [0.29, 0.717) is 0 Å². The van der Waals surface area contributed by atoms with Gasteiger partial charge in [-0.15, -0.1) is 6.58 Å². The van der Waals surface area contributed by atoms with Crippen LogP contribution < -0.4 is 0 Å². The maximum absolute atomic E-state index is 11.6. The average molecular weight is 182 g/mol. The monoisotopic (exact) mass is 182 g/mol. The summed E-state index contributed by atoms with van der Waals surface area (Å²) in [6, 6.07) is 0. The zero-order chi connectivity index (χ0) is 9.78. The normalized spacial score (nSPS) is 17.1. The van der Waals surface area contributed by atoms with Gasteiger partial charge >= 0.3 is 6.18 Å². The second kappa shape index (κ2) is 4.50. The Labute approximate surface area is 69.9 Å². The van der Waals surface area contributed by atoms with Crippen LogP contribution in [0.1, 0.15) is 19.8 Å². The van der Waals surface area contributed by atoms with Crippen LogP contribution in [0.5, 0.6) is 0 Å². The molecule has 12 heavy (non-hydrogen) atoms. The highest BCUT2D eigenvalue weighted by Crippen LogP contribution is 2.24. The van der Waals surface area contributed by atoms with Gasteiger partial charge in [0.25, 0.3) is 0 Å². The third-order valence-corrected chi connectivity index (χ3v) is 1.70. The van der Waals surface area contributed by atoms with Gasteiger partial charge in [0.05, 0.1) is 6.10 Å². The first-order chi connectivity index (χ1) is 5.37. The molecular formula is C8H13F3O. The Morgan fingerprint density at radius 1 is 1.50 bits per heavy atom. The van der Waals surface area contributed by atoms with Crippen molar-refractivity contribution in [1.29, 1.82) is 0 Å². The molecule has 72 valence electrons. The molecule has 0 spiro atoms. The molecule has 0 bridgehead atoms. The van der Waals surface area contributed by atoms with Gasteiger partial charge in [-0.2, -0.15) is 13.2 Å². The second-order valence-corrected chi connectivity index (χ2v) is 2.82. The number of aliphatic hydroxyl groups is 1. The molecule has 0 heterocycles. The van der Waals surface area contributed by atoms with Gasteiger partial charge in [0, 0.05) is 6.42 Å². The summed E-state index contributed by atoms with van der Waals surface area (Å²) in [7, 11) is 0. The van der Waals surface area contributed by atoms with Crippen molar-refractivity contribution in [2.75, 3.05) is 0 Å². The highest BCUT2D eigenvalue weighted by atomic mass is 19.4. The van der Waals surface area contributed by atoms with Gasteiger partial charge in [-0.25, -0.2) is 0 Å². The highest BCUT2D eigenvalue weighted by molar-refractivity contribution is 4.81. The van der Waals surface area contributed by atoms with Crippen LogP contribution in [0.15, 0.2) is 12.7 Å². The molecule has 0 saturated heterocycles. The van der Waals surface area contributed by atoms with Gasteiger partial charge in [-0.05, 0) is 12.3 Å². The Balaban J connectivity index is 3.71. The molecule has 0 aliphatic carbocycles. The maximum Gasteiger partial charge on any atom is 0.389 e. The largest absolute Gasteiger partial charge is 0.393 e. The summed E-state index contributed by atoms with van der Waals surface area (Å²) in [6.07, 6.45) is -4.87. The Morgan fingerprint density at radius 2 is 2.00 bits per heavy atom. The minimum atomic E-state index is -4.18. The van der Waals surface area contributed by atoms with Crippen molar-refractivity contribution in [3.8, 4) is 0 Å². The predicted molar refractivity (Wildman–Crippen MR) is 40.7 cm³/mol. The summed E-state index contributed by atoms with van der Waals surface area (Å²) in [5.41, 5.74) is 0. The van der Waals surface area contributed by atoms with Crippen LogP contribution in [0.3, 0.4) is 0 Å². The second-order valence-electron chi connectivity index (χ2n) is 2.82. The van der Waals surface area contributed by atoms with E-state index in [1.165, 1.54) is 6.08 Å². The summed E-state index contributed by atoms with van der Waals surface area (Å²) < 4.78 is 34.9. The van der Waals surface area contributed by atoms with Crippen LogP contribution in [0, 0.1) is 5.92 Å². The predicted octanol–water partition coefficient (Wildman–Crippen LogP) is 2.51. The third kappa shape index (κ3) is 5.18.